The summed E-state index contributed by atoms with van der Waals surface area (Å²) in [6.07, 6.45) is 0. The van der Waals surface area contributed by atoms with Gasteiger partial charge in [-0.3, -0.25) is 10.1 Å². The molecule has 1 aliphatic rings. The number of nitro groups is 1. The van der Waals surface area contributed by atoms with Gasteiger partial charge in [0.2, 0.25) is 0 Å². The van der Waals surface area contributed by atoms with Gasteiger partial charge < -0.3 is 20.5 Å². The summed E-state index contributed by atoms with van der Waals surface area (Å²) in [4.78, 5) is 35.0. The number of non-ortho nitro benzene ring substituents is 1. The smallest absolute Gasteiger partial charge is 0.338 e. The van der Waals surface area contributed by atoms with E-state index in [1.807, 2.05) is 0 Å². The SMILES string of the molecule is COC(=O)C1=C(C)NC(N)=C(C(=O)OC)C1c1cccc([N+](=O)[O-])c1. The molecule has 3 N–H and O–H groups in total. The van der Waals surface area contributed by atoms with E-state index in [1.165, 1.54) is 32.4 Å². The molecule has 1 aromatic carbocycles. The number of nitrogens with zero attached hydrogens (tertiary/aromatic N) is 1. The predicted octanol–water partition coefficient (Wildman–Crippen LogP) is 1.07. The molecule has 0 fully saturated rings. The average molecular weight is 347 g/mol. The van der Waals surface area contributed by atoms with Crippen LogP contribution in [0.3, 0.4) is 0 Å². The van der Waals surface area contributed by atoms with Crippen LogP contribution in [0.2, 0.25) is 0 Å². The quantitative estimate of drug-likeness (QED) is 0.469. The highest BCUT2D eigenvalue weighted by molar-refractivity contribution is 5.99. The first-order valence-electron chi connectivity index (χ1n) is 7.20. The molecule has 0 amide bonds. The van der Waals surface area contributed by atoms with Gasteiger partial charge >= 0.3 is 11.9 Å². The van der Waals surface area contributed by atoms with Crippen molar-refractivity contribution in [3.05, 3.63) is 62.6 Å². The van der Waals surface area contributed by atoms with Crippen molar-refractivity contribution >= 4 is 17.6 Å². The Hall–Kier alpha value is -3.36. The minimum atomic E-state index is -0.957. The molecule has 0 spiro atoms. The van der Waals surface area contributed by atoms with E-state index in [0.717, 1.165) is 0 Å². The largest absolute Gasteiger partial charge is 0.466 e. The Morgan fingerprint density at radius 3 is 2.36 bits per heavy atom. The van der Waals surface area contributed by atoms with E-state index < -0.39 is 22.8 Å². The van der Waals surface area contributed by atoms with Gasteiger partial charge in [-0.05, 0) is 12.5 Å². The molecule has 1 unspecified atom stereocenters. The number of nitrogens with two attached hydrogens (primary N) is 1. The van der Waals surface area contributed by atoms with Crippen molar-refractivity contribution in [1.29, 1.82) is 0 Å². The molecule has 9 nitrogen and oxygen atoms in total. The molecule has 1 atom stereocenters. The average Bonchev–Trinajstić information content (AvgIpc) is 2.59. The number of rotatable bonds is 4. The van der Waals surface area contributed by atoms with Crippen LogP contribution in [-0.2, 0) is 19.1 Å². The lowest BCUT2D eigenvalue weighted by Gasteiger charge is -2.29. The van der Waals surface area contributed by atoms with Crippen LogP contribution in [-0.4, -0.2) is 31.1 Å². The van der Waals surface area contributed by atoms with Crippen LogP contribution >= 0.6 is 0 Å². The third kappa shape index (κ3) is 3.30. The third-order valence-corrected chi connectivity index (χ3v) is 3.82. The van der Waals surface area contributed by atoms with Crippen LogP contribution in [0, 0.1) is 10.1 Å². The van der Waals surface area contributed by atoms with Crippen LogP contribution in [0.1, 0.15) is 18.4 Å². The van der Waals surface area contributed by atoms with E-state index in [4.69, 9.17) is 15.2 Å². The molecule has 0 aromatic heterocycles. The number of nitro benzene ring substituents is 1. The monoisotopic (exact) mass is 347 g/mol. The molecule has 25 heavy (non-hydrogen) atoms. The lowest BCUT2D eigenvalue weighted by Crippen LogP contribution is -2.35. The highest BCUT2D eigenvalue weighted by Crippen LogP contribution is 2.39. The lowest BCUT2D eigenvalue weighted by atomic mass is 9.81. The summed E-state index contributed by atoms with van der Waals surface area (Å²) in [6.45, 7) is 1.59. The van der Waals surface area contributed by atoms with Gasteiger partial charge in [0.15, 0.2) is 0 Å². The molecule has 9 heteroatoms. The van der Waals surface area contributed by atoms with E-state index in [-0.39, 0.29) is 22.7 Å². The summed E-state index contributed by atoms with van der Waals surface area (Å²) < 4.78 is 9.56. The minimum absolute atomic E-state index is 0.00788. The summed E-state index contributed by atoms with van der Waals surface area (Å²) in [5.74, 6) is -2.39. The third-order valence-electron chi connectivity index (χ3n) is 3.82. The number of nitrogens with one attached hydrogen (secondary N) is 1. The Balaban J connectivity index is 2.72. The Bertz CT molecular complexity index is 774. The first-order valence-corrected chi connectivity index (χ1v) is 7.20. The maximum absolute atomic E-state index is 12.3. The van der Waals surface area contributed by atoms with Crippen molar-refractivity contribution in [2.45, 2.75) is 12.8 Å². The van der Waals surface area contributed by atoms with Gasteiger partial charge in [-0.1, -0.05) is 12.1 Å². The molecule has 0 aliphatic carbocycles. The molecule has 1 aliphatic heterocycles. The first-order chi connectivity index (χ1) is 11.8. The molecule has 0 radical (unpaired) electrons. The predicted molar refractivity (Wildman–Crippen MR) is 86.9 cm³/mol. The van der Waals surface area contributed by atoms with Crippen LogP contribution in [0.5, 0.6) is 0 Å². The van der Waals surface area contributed by atoms with Crippen molar-refractivity contribution in [3.8, 4) is 0 Å². The maximum atomic E-state index is 12.3. The van der Waals surface area contributed by atoms with Gasteiger partial charge in [0.25, 0.3) is 5.69 Å². The van der Waals surface area contributed by atoms with Gasteiger partial charge in [0.05, 0.1) is 36.2 Å². The number of benzene rings is 1. The normalized spacial score (nSPS) is 17.0. The Kier molecular flexibility index (Phi) is 5.06. The number of esters is 2. The zero-order valence-corrected chi connectivity index (χ0v) is 13.9. The topological polar surface area (TPSA) is 134 Å². The lowest BCUT2D eigenvalue weighted by molar-refractivity contribution is -0.384. The molecule has 1 aromatic rings. The molecule has 0 saturated carbocycles. The standard InChI is InChI=1S/C16H17N3O6/c1-8-11(15(20)24-2)12(13(14(17)18-8)16(21)25-3)9-5-4-6-10(7-9)19(22)23/h4-7,12,18H,17H2,1-3H3. The van der Waals surface area contributed by atoms with Gasteiger partial charge in [-0.25, -0.2) is 9.59 Å². The summed E-state index contributed by atoms with van der Waals surface area (Å²) in [5, 5.41) is 13.8. The number of dihydropyridines is 1. The van der Waals surface area contributed by atoms with Crippen LogP contribution < -0.4 is 11.1 Å². The number of carbonyl (C=O) groups is 2. The Morgan fingerprint density at radius 1 is 1.20 bits per heavy atom. The summed E-state index contributed by atoms with van der Waals surface area (Å²) in [6, 6.07) is 5.62. The number of hydrogen-bond donors (Lipinski definition) is 2. The molecule has 132 valence electrons. The van der Waals surface area contributed by atoms with Crippen molar-refractivity contribution < 1.29 is 24.0 Å². The number of allylic oxidation sites excluding steroid dienone is 1. The van der Waals surface area contributed by atoms with Crippen LogP contribution in [0.15, 0.2) is 46.9 Å². The van der Waals surface area contributed by atoms with Gasteiger partial charge in [-0.15, -0.1) is 0 Å². The highest BCUT2D eigenvalue weighted by Gasteiger charge is 2.38. The zero-order chi connectivity index (χ0) is 18.7. The second-order valence-electron chi connectivity index (χ2n) is 5.26. The summed E-state index contributed by atoms with van der Waals surface area (Å²) in [7, 11) is 2.38. The van der Waals surface area contributed by atoms with E-state index in [2.05, 4.69) is 5.32 Å². The van der Waals surface area contributed by atoms with E-state index in [9.17, 15) is 19.7 Å². The van der Waals surface area contributed by atoms with Gasteiger partial charge in [-0.2, -0.15) is 0 Å². The van der Waals surface area contributed by atoms with Gasteiger partial charge in [0, 0.05) is 17.8 Å². The fourth-order valence-corrected chi connectivity index (χ4v) is 2.72. The number of carbonyl (C=O) groups excluding carboxylic acids is 2. The zero-order valence-electron chi connectivity index (χ0n) is 13.9. The minimum Gasteiger partial charge on any atom is -0.466 e. The number of hydrogen-bond acceptors (Lipinski definition) is 8. The fraction of sp³-hybridized carbons (Fsp3) is 0.250. The molecular weight excluding hydrogens is 330 g/mol. The molecule has 0 bridgehead atoms. The summed E-state index contributed by atoms with van der Waals surface area (Å²) in [5.41, 5.74) is 6.58. The second-order valence-corrected chi connectivity index (χ2v) is 5.26. The van der Waals surface area contributed by atoms with Crippen LogP contribution in [0.25, 0.3) is 0 Å². The molecule has 2 rings (SSSR count). The molecular formula is C16H17N3O6. The second kappa shape index (κ2) is 7.04. The van der Waals surface area contributed by atoms with Crippen molar-refractivity contribution in [3.63, 3.8) is 0 Å². The van der Waals surface area contributed by atoms with Gasteiger partial charge in [0.1, 0.15) is 5.82 Å². The van der Waals surface area contributed by atoms with E-state index in [0.29, 0.717) is 11.3 Å². The first kappa shape index (κ1) is 18.0. The summed E-state index contributed by atoms with van der Waals surface area (Å²) >= 11 is 0. The molecule has 0 saturated heterocycles. The van der Waals surface area contributed by atoms with E-state index in [1.54, 1.807) is 13.0 Å². The van der Waals surface area contributed by atoms with Crippen molar-refractivity contribution in [2.75, 3.05) is 14.2 Å². The fourth-order valence-electron chi connectivity index (χ4n) is 2.72. The Labute approximate surface area is 143 Å². The Morgan fingerprint density at radius 2 is 1.80 bits per heavy atom. The molecule has 1 heterocycles. The highest BCUT2D eigenvalue weighted by atomic mass is 16.6. The van der Waals surface area contributed by atoms with E-state index >= 15 is 0 Å². The van der Waals surface area contributed by atoms with Crippen molar-refractivity contribution in [1.82, 2.24) is 5.32 Å². The van der Waals surface area contributed by atoms with Crippen LogP contribution in [0.4, 0.5) is 5.69 Å². The maximum Gasteiger partial charge on any atom is 0.338 e. The number of ether oxygens (including phenoxy) is 2. The van der Waals surface area contributed by atoms with Crippen molar-refractivity contribution in [2.24, 2.45) is 5.73 Å². The number of methoxy groups -OCH3 is 2.